The van der Waals surface area contributed by atoms with Crippen LogP contribution in [0.5, 0.6) is 5.75 Å². The van der Waals surface area contributed by atoms with E-state index in [4.69, 9.17) is 4.74 Å². The fourth-order valence-corrected chi connectivity index (χ4v) is 3.22. The first-order chi connectivity index (χ1) is 10.1. The van der Waals surface area contributed by atoms with Gasteiger partial charge in [0.2, 0.25) is 0 Å². The Morgan fingerprint density at radius 1 is 1.48 bits per heavy atom. The Labute approximate surface area is 129 Å². The first-order valence-electron chi connectivity index (χ1n) is 7.80. The van der Waals surface area contributed by atoms with Gasteiger partial charge in [0, 0.05) is 25.7 Å². The predicted molar refractivity (Wildman–Crippen MR) is 87.9 cm³/mol. The number of nitrogens with zero attached hydrogens (tertiary/aromatic N) is 2. The molecule has 2 rings (SSSR count). The first kappa shape index (κ1) is 16.3. The van der Waals surface area contributed by atoms with Gasteiger partial charge in [-0.3, -0.25) is 0 Å². The maximum Gasteiger partial charge on any atom is 0.119 e. The van der Waals surface area contributed by atoms with Crippen molar-refractivity contribution in [2.45, 2.75) is 12.5 Å². The van der Waals surface area contributed by atoms with Crippen molar-refractivity contribution in [2.75, 3.05) is 54.4 Å². The second kappa shape index (κ2) is 7.78. The summed E-state index contributed by atoms with van der Waals surface area (Å²) < 4.78 is 5.33. The highest BCUT2D eigenvalue weighted by Gasteiger charge is 2.22. The number of likely N-dealkylation sites (tertiary alicyclic amines) is 1. The van der Waals surface area contributed by atoms with Crippen LogP contribution in [-0.2, 0) is 0 Å². The fourth-order valence-electron chi connectivity index (χ4n) is 3.22. The Hall–Kier alpha value is -1.10. The summed E-state index contributed by atoms with van der Waals surface area (Å²) in [6.45, 7) is 4.66. The van der Waals surface area contributed by atoms with Crippen LogP contribution in [0.4, 0.5) is 0 Å². The van der Waals surface area contributed by atoms with Crippen molar-refractivity contribution in [2.24, 2.45) is 5.92 Å². The van der Waals surface area contributed by atoms with Gasteiger partial charge in [0.05, 0.1) is 7.11 Å². The molecule has 1 aliphatic heterocycles. The minimum Gasteiger partial charge on any atom is -0.497 e. The minimum atomic E-state index is 0.337. The van der Waals surface area contributed by atoms with Crippen molar-refractivity contribution in [3.8, 4) is 5.75 Å². The maximum atomic E-state index is 5.33. The summed E-state index contributed by atoms with van der Waals surface area (Å²) in [4.78, 5) is 4.88. The van der Waals surface area contributed by atoms with Crippen LogP contribution in [0.2, 0.25) is 0 Å². The summed E-state index contributed by atoms with van der Waals surface area (Å²) >= 11 is 0. The van der Waals surface area contributed by atoms with Crippen molar-refractivity contribution in [1.29, 1.82) is 0 Å². The lowest BCUT2D eigenvalue weighted by Crippen LogP contribution is -2.35. The Kier molecular flexibility index (Phi) is 6.03. The maximum absolute atomic E-state index is 5.33. The van der Waals surface area contributed by atoms with Crippen molar-refractivity contribution in [3.63, 3.8) is 0 Å². The Morgan fingerprint density at radius 2 is 2.29 bits per heavy atom. The van der Waals surface area contributed by atoms with E-state index in [-0.39, 0.29) is 0 Å². The molecule has 1 aliphatic rings. The molecule has 1 fully saturated rings. The molecule has 4 heteroatoms. The highest BCUT2D eigenvalue weighted by Crippen LogP contribution is 2.21. The molecule has 1 N–H and O–H groups in total. The highest BCUT2D eigenvalue weighted by molar-refractivity contribution is 5.30. The van der Waals surface area contributed by atoms with Gasteiger partial charge in [0.25, 0.3) is 0 Å². The number of methoxy groups -OCH3 is 1. The third-order valence-corrected chi connectivity index (χ3v) is 4.40. The van der Waals surface area contributed by atoms with Gasteiger partial charge in [0.15, 0.2) is 0 Å². The zero-order valence-electron chi connectivity index (χ0n) is 13.8. The van der Waals surface area contributed by atoms with E-state index in [9.17, 15) is 0 Å². The van der Waals surface area contributed by atoms with Gasteiger partial charge in [-0.05, 0) is 57.7 Å². The monoisotopic (exact) mass is 291 g/mol. The zero-order chi connectivity index (χ0) is 15.2. The Morgan fingerprint density at radius 3 is 2.90 bits per heavy atom. The van der Waals surface area contributed by atoms with E-state index >= 15 is 0 Å². The largest absolute Gasteiger partial charge is 0.497 e. The lowest BCUT2D eigenvalue weighted by atomic mass is 10.0. The summed E-state index contributed by atoms with van der Waals surface area (Å²) in [5.41, 5.74) is 1.28. The highest BCUT2D eigenvalue weighted by atomic mass is 16.5. The van der Waals surface area contributed by atoms with E-state index in [1.165, 1.54) is 31.6 Å². The molecule has 0 bridgehead atoms. The molecule has 1 aromatic carbocycles. The van der Waals surface area contributed by atoms with Crippen LogP contribution in [0, 0.1) is 5.92 Å². The molecular weight excluding hydrogens is 262 g/mol. The molecule has 2 atom stereocenters. The zero-order valence-corrected chi connectivity index (χ0v) is 13.8. The van der Waals surface area contributed by atoms with Crippen molar-refractivity contribution in [1.82, 2.24) is 15.1 Å². The van der Waals surface area contributed by atoms with Crippen LogP contribution >= 0.6 is 0 Å². The number of ether oxygens (including phenoxy) is 1. The summed E-state index contributed by atoms with van der Waals surface area (Å²) in [6.07, 6.45) is 1.32. The topological polar surface area (TPSA) is 27.7 Å². The van der Waals surface area contributed by atoms with Crippen LogP contribution < -0.4 is 10.1 Å². The summed E-state index contributed by atoms with van der Waals surface area (Å²) in [7, 11) is 8.19. The summed E-state index contributed by atoms with van der Waals surface area (Å²) in [5, 5.41) is 3.43. The van der Waals surface area contributed by atoms with Crippen LogP contribution in [0.25, 0.3) is 0 Å². The van der Waals surface area contributed by atoms with Crippen LogP contribution in [-0.4, -0.2) is 64.2 Å². The number of nitrogens with one attached hydrogen (secondary N) is 1. The molecule has 1 heterocycles. The normalized spacial score (nSPS) is 20.9. The van der Waals surface area contributed by atoms with Gasteiger partial charge < -0.3 is 19.9 Å². The quantitative estimate of drug-likeness (QED) is 0.829. The summed E-state index contributed by atoms with van der Waals surface area (Å²) in [5.74, 6) is 1.73. The minimum absolute atomic E-state index is 0.337. The fraction of sp³-hybridized carbons (Fsp3) is 0.647. The standard InChI is InChI=1S/C17H29N3O/c1-18-17(15-6-5-7-16(10-15)21-4)13-20(3)12-14-8-9-19(2)11-14/h5-7,10,14,17-18H,8-9,11-13H2,1-4H3. The molecule has 1 aromatic rings. The average molecular weight is 291 g/mol. The van der Waals surface area contributed by atoms with Crippen molar-refractivity contribution >= 4 is 0 Å². The number of benzene rings is 1. The van der Waals surface area contributed by atoms with Gasteiger partial charge in [-0.25, -0.2) is 0 Å². The second-order valence-corrected chi connectivity index (χ2v) is 6.26. The van der Waals surface area contributed by atoms with E-state index < -0.39 is 0 Å². The van der Waals surface area contributed by atoms with Gasteiger partial charge in [0.1, 0.15) is 5.75 Å². The van der Waals surface area contributed by atoms with Crippen molar-refractivity contribution < 1.29 is 4.74 Å². The lowest BCUT2D eigenvalue weighted by Gasteiger charge is -2.26. The molecular formula is C17H29N3O. The van der Waals surface area contributed by atoms with Crippen molar-refractivity contribution in [3.05, 3.63) is 29.8 Å². The Bertz CT molecular complexity index is 438. The molecule has 0 aliphatic carbocycles. The molecule has 21 heavy (non-hydrogen) atoms. The molecule has 4 nitrogen and oxygen atoms in total. The number of rotatable bonds is 7. The van der Waals surface area contributed by atoms with Gasteiger partial charge in [-0.15, -0.1) is 0 Å². The molecule has 1 saturated heterocycles. The smallest absolute Gasteiger partial charge is 0.119 e. The van der Waals surface area contributed by atoms with Crippen LogP contribution in [0.1, 0.15) is 18.0 Å². The third kappa shape index (κ3) is 4.70. The molecule has 0 saturated carbocycles. The van der Waals surface area contributed by atoms with Crippen LogP contribution in [0.3, 0.4) is 0 Å². The first-order valence-corrected chi connectivity index (χ1v) is 7.80. The van der Waals surface area contributed by atoms with Crippen LogP contribution in [0.15, 0.2) is 24.3 Å². The summed E-state index contributed by atoms with van der Waals surface area (Å²) in [6, 6.07) is 8.68. The number of hydrogen-bond acceptors (Lipinski definition) is 4. The third-order valence-electron chi connectivity index (χ3n) is 4.40. The Balaban J connectivity index is 1.91. The van der Waals surface area contributed by atoms with E-state index in [0.29, 0.717) is 6.04 Å². The van der Waals surface area contributed by atoms with E-state index in [1.807, 2.05) is 13.1 Å². The molecule has 0 aromatic heterocycles. The number of likely N-dealkylation sites (N-methyl/N-ethyl adjacent to an activating group) is 2. The van der Waals surface area contributed by atoms with E-state index in [2.05, 4.69) is 47.4 Å². The lowest BCUT2D eigenvalue weighted by molar-refractivity contribution is 0.250. The van der Waals surface area contributed by atoms with Gasteiger partial charge in [-0.1, -0.05) is 12.1 Å². The second-order valence-electron chi connectivity index (χ2n) is 6.26. The van der Waals surface area contributed by atoms with E-state index in [0.717, 1.165) is 18.2 Å². The molecule has 0 amide bonds. The number of hydrogen-bond donors (Lipinski definition) is 1. The molecule has 2 unspecified atom stereocenters. The molecule has 0 radical (unpaired) electrons. The molecule has 118 valence electrons. The predicted octanol–water partition coefficient (Wildman–Crippen LogP) is 1.84. The van der Waals surface area contributed by atoms with Gasteiger partial charge >= 0.3 is 0 Å². The SMILES string of the molecule is CNC(CN(C)CC1CCN(C)C1)c1cccc(OC)c1. The van der Waals surface area contributed by atoms with E-state index in [1.54, 1.807) is 7.11 Å². The average Bonchev–Trinajstić information content (AvgIpc) is 2.89. The van der Waals surface area contributed by atoms with Gasteiger partial charge in [-0.2, -0.15) is 0 Å². The molecule has 0 spiro atoms.